The zero-order valence-corrected chi connectivity index (χ0v) is 35.3. The molecule has 2 aliphatic rings. The largest absolute Gasteiger partial charge is 0.379 e. The average Bonchev–Trinajstić information content (AvgIpc) is 3.92. The lowest BCUT2D eigenvalue weighted by molar-refractivity contribution is -0.384. The van der Waals surface area contributed by atoms with E-state index in [9.17, 15) is 28.1 Å². The smallest absolute Gasteiger partial charge is 0.293 e. The lowest BCUT2D eigenvalue weighted by Gasteiger charge is -2.36. The first-order valence-corrected chi connectivity index (χ1v) is 23.3. The molecule has 0 saturated carbocycles. The Morgan fingerprint density at radius 1 is 0.967 bits per heavy atom. The number of hydrogen-bond donors (Lipinski definition) is 3. The van der Waals surface area contributed by atoms with Gasteiger partial charge in [0, 0.05) is 54.3 Å². The maximum absolute atomic E-state index is 14.0. The molecular formula is C41H40N8O7S4. The number of thiazole rings is 2. The highest BCUT2D eigenvalue weighted by Crippen LogP contribution is 2.37. The van der Waals surface area contributed by atoms with Gasteiger partial charge in [-0.25, -0.2) is 23.1 Å². The van der Waals surface area contributed by atoms with E-state index in [2.05, 4.69) is 25.5 Å². The minimum Gasteiger partial charge on any atom is -0.379 e. The zero-order chi connectivity index (χ0) is 41.6. The highest BCUT2D eigenvalue weighted by molar-refractivity contribution is 7.99. The Morgan fingerprint density at radius 3 is 2.53 bits per heavy atom. The second-order valence-corrected chi connectivity index (χ2v) is 18.8. The molecule has 8 rings (SSSR count). The monoisotopic (exact) mass is 884 g/mol. The minimum absolute atomic E-state index is 0.167. The normalized spacial score (nSPS) is 16.2. The number of nitro groups is 1. The fourth-order valence-electron chi connectivity index (χ4n) is 7.13. The van der Waals surface area contributed by atoms with Crippen molar-refractivity contribution in [2.75, 3.05) is 60.7 Å². The molecule has 310 valence electrons. The molecule has 15 nitrogen and oxygen atoms in total. The third kappa shape index (κ3) is 9.61. The van der Waals surface area contributed by atoms with Gasteiger partial charge in [0.15, 0.2) is 10.3 Å². The van der Waals surface area contributed by atoms with Crippen LogP contribution in [0.2, 0.25) is 0 Å². The molecule has 3 N–H and O–H groups in total. The molecule has 0 radical (unpaired) electrons. The molecule has 2 atom stereocenters. The zero-order valence-electron chi connectivity index (χ0n) is 32.1. The number of rotatable bonds is 15. The van der Waals surface area contributed by atoms with E-state index >= 15 is 0 Å². The van der Waals surface area contributed by atoms with Crippen LogP contribution in [0.1, 0.15) is 34.1 Å². The first-order valence-electron chi connectivity index (χ1n) is 19.2. The maximum Gasteiger partial charge on any atom is 0.293 e. The van der Waals surface area contributed by atoms with E-state index in [1.54, 1.807) is 16.7 Å². The van der Waals surface area contributed by atoms with Gasteiger partial charge >= 0.3 is 0 Å². The number of nitrogens with one attached hydrogen (secondary N) is 3. The van der Waals surface area contributed by atoms with Crippen LogP contribution in [0.25, 0.3) is 10.2 Å². The molecule has 1 fully saturated rings. The van der Waals surface area contributed by atoms with E-state index < -0.39 is 37.5 Å². The standard InChI is InChI=1S/C41H40N8O7S4/c50-38(34-26-58-41(44-34)48-19-16-27-8-4-5-11-31(27)37(48)39(51)45-40-43-33-12-6-7-13-36(33)59-40)46-60(54,55)30-14-15-32(35(24-30)49(52)53)42-28(17-18-47-20-22-56-23-21-47)25-57-29-9-2-1-3-10-29/h1-15,24,26,28,37,42H,16-23,25H2,(H,46,50)(H,43,45,51)/t28-,37?/m1/s1. The molecule has 60 heavy (non-hydrogen) atoms. The molecule has 4 heterocycles. The summed E-state index contributed by atoms with van der Waals surface area (Å²) in [5, 5.41) is 20.9. The van der Waals surface area contributed by atoms with Crippen molar-refractivity contribution in [1.82, 2.24) is 19.6 Å². The van der Waals surface area contributed by atoms with Crippen molar-refractivity contribution in [1.29, 1.82) is 0 Å². The van der Waals surface area contributed by atoms with Crippen LogP contribution in [0.5, 0.6) is 0 Å². The number of aromatic nitrogens is 2. The number of nitro benzene ring substituents is 1. The second kappa shape index (κ2) is 18.4. The topological polar surface area (TPSA) is 189 Å². The second-order valence-electron chi connectivity index (χ2n) is 14.1. The van der Waals surface area contributed by atoms with Crippen LogP contribution in [-0.4, -0.2) is 91.2 Å². The highest BCUT2D eigenvalue weighted by atomic mass is 32.2. The summed E-state index contributed by atoms with van der Waals surface area (Å²) in [6, 6.07) is 27.6. The fraction of sp³-hybridized carbons (Fsp3) is 0.268. The van der Waals surface area contributed by atoms with Crippen LogP contribution in [-0.2, 0) is 26.0 Å². The number of nitrogens with zero attached hydrogens (tertiary/aromatic N) is 5. The third-order valence-electron chi connectivity index (χ3n) is 10.2. The molecular weight excluding hydrogens is 845 g/mol. The van der Waals surface area contributed by atoms with Crippen LogP contribution in [0.15, 0.2) is 112 Å². The molecule has 1 unspecified atom stereocenters. The average molecular weight is 885 g/mol. The van der Waals surface area contributed by atoms with E-state index in [-0.39, 0.29) is 23.3 Å². The van der Waals surface area contributed by atoms with Crippen molar-refractivity contribution in [2.45, 2.75) is 34.7 Å². The number of carbonyl (C=O) groups excluding carboxylic acids is 2. The lowest BCUT2D eigenvalue weighted by Crippen LogP contribution is -2.42. The van der Waals surface area contributed by atoms with Crippen LogP contribution in [0, 0.1) is 10.1 Å². The summed E-state index contributed by atoms with van der Waals surface area (Å²) < 4.78 is 35.6. The van der Waals surface area contributed by atoms with Gasteiger partial charge in [-0.3, -0.25) is 29.9 Å². The number of ether oxygens (including phenoxy) is 1. The Bertz CT molecular complexity index is 2580. The van der Waals surface area contributed by atoms with Crippen LogP contribution in [0.3, 0.4) is 0 Å². The van der Waals surface area contributed by atoms with Crippen molar-refractivity contribution >= 4 is 88.1 Å². The summed E-state index contributed by atoms with van der Waals surface area (Å²) in [6.45, 7) is 4.06. The van der Waals surface area contributed by atoms with E-state index in [1.807, 2.05) is 83.6 Å². The van der Waals surface area contributed by atoms with Crippen LogP contribution in [0.4, 0.5) is 21.6 Å². The minimum atomic E-state index is -4.58. The van der Waals surface area contributed by atoms with Gasteiger partial charge in [0.1, 0.15) is 17.4 Å². The Balaban J connectivity index is 0.977. The summed E-state index contributed by atoms with van der Waals surface area (Å²) in [7, 11) is -4.58. The van der Waals surface area contributed by atoms with Crippen molar-refractivity contribution in [3.63, 3.8) is 0 Å². The number of para-hydroxylation sites is 1. The van der Waals surface area contributed by atoms with Gasteiger partial charge in [-0.2, -0.15) is 0 Å². The molecule has 2 amide bonds. The van der Waals surface area contributed by atoms with Gasteiger partial charge in [0.2, 0.25) is 0 Å². The number of thioether (sulfide) groups is 1. The van der Waals surface area contributed by atoms with Gasteiger partial charge in [-0.1, -0.05) is 65.9 Å². The summed E-state index contributed by atoms with van der Waals surface area (Å²) >= 11 is 4.08. The summed E-state index contributed by atoms with van der Waals surface area (Å²) in [4.78, 5) is 52.9. The Morgan fingerprint density at radius 2 is 1.73 bits per heavy atom. The van der Waals surface area contributed by atoms with E-state index in [4.69, 9.17) is 4.74 Å². The molecule has 0 bridgehead atoms. The van der Waals surface area contributed by atoms with E-state index in [1.165, 1.54) is 28.8 Å². The molecule has 19 heteroatoms. The molecule has 0 spiro atoms. The quantitative estimate of drug-likeness (QED) is 0.0554. The number of fused-ring (bicyclic) bond motifs is 2. The SMILES string of the molecule is O=C(NS(=O)(=O)c1ccc(N[C@H](CCN2CCOCC2)CSc2ccccc2)c([N+](=O)[O-])c1)c1csc(N2CCc3ccccc3C2C(=O)Nc2nc3ccccc3s2)n1. The van der Waals surface area contributed by atoms with E-state index in [0.717, 1.165) is 63.3 Å². The summed E-state index contributed by atoms with van der Waals surface area (Å²) in [5.74, 6) is -0.741. The lowest BCUT2D eigenvalue weighted by atomic mass is 9.92. The first-order chi connectivity index (χ1) is 29.1. The molecule has 6 aromatic rings. The number of benzene rings is 4. The maximum atomic E-state index is 14.0. The van der Waals surface area contributed by atoms with Gasteiger partial charge in [-0.15, -0.1) is 23.1 Å². The highest BCUT2D eigenvalue weighted by Gasteiger charge is 2.36. The number of hydrogen-bond acceptors (Lipinski definition) is 15. The number of sulfonamides is 1. The first kappa shape index (κ1) is 41.3. The third-order valence-corrected chi connectivity index (χ3v) is 14.5. The predicted octanol–water partition coefficient (Wildman–Crippen LogP) is 6.82. The number of anilines is 3. The molecule has 2 aliphatic heterocycles. The van der Waals surface area contributed by atoms with Gasteiger partial charge < -0.3 is 15.0 Å². The van der Waals surface area contributed by atoms with Crippen molar-refractivity contribution < 1.29 is 27.7 Å². The Hall–Kier alpha value is -5.44. The number of morpholine rings is 1. The van der Waals surface area contributed by atoms with Crippen LogP contribution >= 0.6 is 34.4 Å². The molecule has 0 aliphatic carbocycles. The van der Waals surface area contributed by atoms with Crippen LogP contribution < -0.4 is 20.3 Å². The van der Waals surface area contributed by atoms with Crippen molar-refractivity contribution in [2.24, 2.45) is 0 Å². The Labute approximate surface area is 358 Å². The van der Waals surface area contributed by atoms with Gasteiger partial charge in [0.05, 0.1) is 33.2 Å². The summed E-state index contributed by atoms with van der Waals surface area (Å²) in [6.07, 6.45) is 1.29. The van der Waals surface area contributed by atoms with Crippen molar-refractivity contribution in [3.8, 4) is 0 Å². The fourth-order valence-corrected chi connectivity index (χ4v) is 10.8. The van der Waals surface area contributed by atoms with Gasteiger partial charge in [0.25, 0.3) is 27.5 Å². The summed E-state index contributed by atoms with van der Waals surface area (Å²) in [5.41, 5.74) is 2.09. The molecule has 2 aromatic heterocycles. The Kier molecular flexibility index (Phi) is 12.7. The molecule has 4 aromatic carbocycles. The predicted molar refractivity (Wildman–Crippen MR) is 235 cm³/mol. The van der Waals surface area contributed by atoms with Crippen molar-refractivity contribution in [3.05, 3.63) is 129 Å². The molecule has 1 saturated heterocycles. The number of carbonyl (C=O) groups is 2. The van der Waals surface area contributed by atoms with E-state index in [0.29, 0.717) is 48.6 Å². The number of amides is 2. The van der Waals surface area contributed by atoms with Gasteiger partial charge in [-0.05, 0) is 60.4 Å².